The van der Waals surface area contributed by atoms with E-state index < -0.39 is 0 Å². The maximum Gasteiger partial charge on any atom is 0.267 e. The molecule has 0 saturated heterocycles. The summed E-state index contributed by atoms with van der Waals surface area (Å²) in [5, 5.41) is 4.49. The predicted molar refractivity (Wildman–Crippen MR) is 71.5 cm³/mol. The van der Waals surface area contributed by atoms with Crippen LogP contribution in [0.5, 0.6) is 0 Å². The van der Waals surface area contributed by atoms with Gasteiger partial charge in [0.15, 0.2) is 5.82 Å². The Morgan fingerprint density at radius 2 is 2.11 bits per heavy atom. The number of hydrogen-bond donors (Lipinski definition) is 0. The van der Waals surface area contributed by atoms with Gasteiger partial charge < -0.3 is 4.52 Å². The van der Waals surface area contributed by atoms with E-state index in [0.717, 1.165) is 0 Å². The molecule has 0 aliphatic rings. The van der Waals surface area contributed by atoms with Crippen LogP contribution in [0.15, 0.2) is 39.6 Å². The first-order chi connectivity index (χ1) is 9.20. The van der Waals surface area contributed by atoms with E-state index in [1.54, 1.807) is 19.1 Å². The summed E-state index contributed by atoms with van der Waals surface area (Å²) in [4.78, 5) is 17.1. The quantitative estimate of drug-likeness (QED) is 0.704. The molecule has 0 aliphatic heterocycles. The van der Waals surface area contributed by atoms with Gasteiger partial charge in [-0.05, 0) is 19.1 Å². The molecule has 0 unspecified atom stereocenters. The molecule has 3 rings (SSSR count). The Bertz CT molecular complexity index is 802. The minimum atomic E-state index is -0.115. The summed E-state index contributed by atoms with van der Waals surface area (Å²) in [6, 6.07) is 9.05. The highest BCUT2D eigenvalue weighted by Crippen LogP contribution is 2.13. The average Bonchev–Trinajstić information content (AvgIpc) is 2.84. The lowest BCUT2D eigenvalue weighted by molar-refractivity contribution is 0.394. The average molecular weight is 255 g/mol. The molecule has 0 radical (unpaired) electrons. The second kappa shape index (κ2) is 4.35. The van der Waals surface area contributed by atoms with Crippen LogP contribution in [-0.4, -0.2) is 14.7 Å². The maximum atomic E-state index is 12.6. The first-order valence-corrected chi connectivity index (χ1v) is 6.15. The number of hydrogen-bond acceptors (Lipinski definition) is 4. The molecule has 0 aliphatic carbocycles. The largest absolute Gasteiger partial charge is 0.360 e. The second-order valence-electron chi connectivity index (χ2n) is 4.34. The fourth-order valence-electron chi connectivity index (χ4n) is 2.11. The summed E-state index contributed by atoms with van der Waals surface area (Å²) in [7, 11) is 0. The Morgan fingerprint density at radius 3 is 2.79 bits per heavy atom. The lowest BCUT2D eigenvalue weighted by Gasteiger charge is -2.08. The van der Waals surface area contributed by atoms with Crippen molar-refractivity contribution >= 4 is 10.9 Å². The Morgan fingerprint density at radius 1 is 1.32 bits per heavy atom. The number of nitrogens with zero attached hydrogens (tertiary/aromatic N) is 3. The molecule has 0 atom stereocenters. The first kappa shape index (κ1) is 11.6. The monoisotopic (exact) mass is 255 g/mol. The van der Waals surface area contributed by atoms with Crippen LogP contribution in [0.2, 0.25) is 0 Å². The zero-order valence-corrected chi connectivity index (χ0v) is 10.8. The highest BCUT2D eigenvalue weighted by atomic mass is 16.5. The van der Waals surface area contributed by atoms with E-state index >= 15 is 0 Å². The summed E-state index contributed by atoms with van der Waals surface area (Å²) in [6.45, 7) is 3.75. The standard InChI is InChI=1S/C14H13N3O2/c1-3-12-15-11-7-5-4-6-10(11)14(18)17(12)13-8-9(2)19-16-13/h4-8H,3H2,1-2H3. The van der Waals surface area contributed by atoms with Gasteiger partial charge in [-0.3, -0.25) is 4.79 Å². The van der Waals surface area contributed by atoms with Crippen molar-refractivity contribution in [1.82, 2.24) is 14.7 Å². The molecule has 2 aromatic heterocycles. The van der Waals surface area contributed by atoms with Crippen molar-refractivity contribution in [3.63, 3.8) is 0 Å². The van der Waals surface area contributed by atoms with Crippen molar-refractivity contribution in [2.45, 2.75) is 20.3 Å². The van der Waals surface area contributed by atoms with Gasteiger partial charge >= 0.3 is 0 Å². The van der Waals surface area contributed by atoms with Gasteiger partial charge in [-0.25, -0.2) is 9.55 Å². The Balaban J connectivity index is 2.40. The van der Waals surface area contributed by atoms with Gasteiger partial charge in [-0.15, -0.1) is 0 Å². The van der Waals surface area contributed by atoms with Gasteiger partial charge in [0.2, 0.25) is 0 Å². The van der Waals surface area contributed by atoms with Crippen molar-refractivity contribution in [3.05, 3.63) is 52.3 Å². The highest BCUT2D eigenvalue weighted by Gasteiger charge is 2.13. The van der Waals surface area contributed by atoms with Gasteiger partial charge in [0.25, 0.3) is 5.56 Å². The second-order valence-corrected chi connectivity index (χ2v) is 4.34. The van der Waals surface area contributed by atoms with Crippen LogP contribution in [0.3, 0.4) is 0 Å². The van der Waals surface area contributed by atoms with Crippen LogP contribution in [-0.2, 0) is 6.42 Å². The van der Waals surface area contributed by atoms with Gasteiger partial charge in [-0.2, -0.15) is 0 Å². The summed E-state index contributed by atoms with van der Waals surface area (Å²) in [6.07, 6.45) is 0.645. The SMILES string of the molecule is CCc1nc2ccccc2c(=O)n1-c1cc(C)on1. The van der Waals surface area contributed by atoms with E-state index in [1.807, 2.05) is 25.1 Å². The summed E-state index contributed by atoms with van der Waals surface area (Å²) in [5.41, 5.74) is 0.594. The molecule has 1 aromatic carbocycles. The molecular weight excluding hydrogens is 242 g/mol. The fraction of sp³-hybridized carbons (Fsp3) is 0.214. The predicted octanol–water partition coefficient (Wildman–Crippen LogP) is 2.24. The van der Waals surface area contributed by atoms with Crippen molar-refractivity contribution in [3.8, 4) is 5.82 Å². The van der Waals surface area contributed by atoms with Gasteiger partial charge in [-0.1, -0.05) is 24.2 Å². The van der Waals surface area contributed by atoms with Crippen LogP contribution in [0.1, 0.15) is 18.5 Å². The van der Waals surface area contributed by atoms with E-state index in [-0.39, 0.29) is 5.56 Å². The van der Waals surface area contributed by atoms with E-state index in [9.17, 15) is 4.79 Å². The Labute approximate surface area is 109 Å². The van der Waals surface area contributed by atoms with Crippen LogP contribution in [0.25, 0.3) is 16.7 Å². The number of rotatable bonds is 2. The maximum absolute atomic E-state index is 12.6. The molecule has 96 valence electrons. The molecule has 0 fully saturated rings. The zero-order valence-electron chi connectivity index (χ0n) is 10.8. The number of para-hydroxylation sites is 1. The molecule has 2 heterocycles. The lowest BCUT2D eigenvalue weighted by Crippen LogP contribution is -2.23. The molecule has 0 N–H and O–H groups in total. The summed E-state index contributed by atoms with van der Waals surface area (Å²) >= 11 is 0. The summed E-state index contributed by atoms with van der Waals surface area (Å²) in [5.74, 6) is 1.83. The third kappa shape index (κ3) is 1.83. The van der Waals surface area contributed by atoms with Gasteiger partial charge in [0.1, 0.15) is 11.6 Å². The molecule has 5 heteroatoms. The third-order valence-corrected chi connectivity index (χ3v) is 3.01. The fourth-order valence-corrected chi connectivity index (χ4v) is 2.11. The van der Waals surface area contributed by atoms with E-state index in [1.165, 1.54) is 4.57 Å². The highest BCUT2D eigenvalue weighted by molar-refractivity contribution is 5.77. The smallest absolute Gasteiger partial charge is 0.267 e. The molecule has 0 bridgehead atoms. The molecule has 0 amide bonds. The van der Waals surface area contributed by atoms with Gasteiger partial charge in [0, 0.05) is 12.5 Å². The Kier molecular flexibility index (Phi) is 2.67. The van der Waals surface area contributed by atoms with E-state index in [2.05, 4.69) is 10.1 Å². The minimum absolute atomic E-state index is 0.115. The van der Waals surface area contributed by atoms with E-state index in [4.69, 9.17) is 4.52 Å². The summed E-state index contributed by atoms with van der Waals surface area (Å²) < 4.78 is 6.56. The molecule has 19 heavy (non-hydrogen) atoms. The van der Waals surface area contributed by atoms with Crippen molar-refractivity contribution in [1.29, 1.82) is 0 Å². The van der Waals surface area contributed by atoms with Crippen LogP contribution < -0.4 is 5.56 Å². The van der Waals surface area contributed by atoms with Gasteiger partial charge in [0.05, 0.1) is 10.9 Å². The van der Waals surface area contributed by atoms with Crippen molar-refractivity contribution in [2.24, 2.45) is 0 Å². The molecule has 0 saturated carbocycles. The molecule has 0 spiro atoms. The Hall–Kier alpha value is -2.43. The first-order valence-electron chi connectivity index (χ1n) is 6.15. The number of fused-ring (bicyclic) bond motifs is 1. The van der Waals surface area contributed by atoms with Crippen LogP contribution in [0.4, 0.5) is 0 Å². The molecule has 5 nitrogen and oxygen atoms in total. The third-order valence-electron chi connectivity index (χ3n) is 3.01. The number of benzene rings is 1. The molecule has 3 aromatic rings. The number of aromatic nitrogens is 3. The molecular formula is C14H13N3O2. The normalized spacial score (nSPS) is 11.1. The van der Waals surface area contributed by atoms with E-state index in [0.29, 0.717) is 34.7 Å². The topological polar surface area (TPSA) is 60.9 Å². The number of aryl methyl sites for hydroxylation is 2. The lowest BCUT2D eigenvalue weighted by atomic mass is 10.2. The van der Waals surface area contributed by atoms with Crippen LogP contribution >= 0.6 is 0 Å². The van der Waals surface area contributed by atoms with Crippen LogP contribution in [0, 0.1) is 6.92 Å². The van der Waals surface area contributed by atoms with Crippen molar-refractivity contribution < 1.29 is 4.52 Å². The zero-order chi connectivity index (χ0) is 13.4. The van der Waals surface area contributed by atoms with Crippen molar-refractivity contribution in [2.75, 3.05) is 0 Å². The minimum Gasteiger partial charge on any atom is -0.360 e.